The van der Waals surface area contributed by atoms with E-state index in [9.17, 15) is 0 Å². The van der Waals surface area contributed by atoms with Crippen LogP contribution < -0.4 is 0 Å². The Morgan fingerprint density at radius 3 is 1.51 bits per heavy atom. The molecule has 0 atom stereocenters. The lowest BCUT2D eigenvalue weighted by Crippen LogP contribution is -1.96. The van der Waals surface area contributed by atoms with Gasteiger partial charge in [0.1, 0.15) is 5.69 Å². The van der Waals surface area contributed by atoms with Crippen molar-refractivity contribution in [2.75, 3.05) is 0 Å². The molecule has 2 nitrogen and oxygen atoms in total. The van der Waals surface area contributed by atoms with Crippen LogP contribution in [0.15, 0.2) is 206 Å². The first kappa shape index (κ1) is 31.3. The van der Waals surface area contributed by atoms with E-state index >= 15 is 0 Å². The fourth-order valence-corrected chi connectivity index (χ4v) is 8.71. The lowest BCUT2D eigenvalue weighted by Gasteiger charge is -2.18. The zero-order chi connectivity index (χ0) is 36.3. The molecule has 0 N–H and O–H groups in total. The van der Waals surface area contributed by atoms with Crippen molar-refractivity contribution in [2.45, 2.75) is 0 Å². The largest absolute Gasteiger partial charge is 0.232 e. The van der Waals surface area contributed by atoms with Gasteiger partial charge in [0.15, 0.2) is 0 Å². The van der Waals surface area contributed by atoms with Crippen LogP contribution >= 0.6 is 0 Å². The zero-order valence-electron chi connectivity index (χ0n) is 30.0. The molecule has 256 valence electrons. The highest BCUT2D eigenvalue weighted by atomic mass is 15.3. The van der Waals surface area contributed by atoms with Crippen LogP contribution in [0.1, 0.15) is 0 Å². The van der Waals surface area contributed by atoms with Gasteiger partial charge in [-0.2, -0.15) is 5.10 Å². The van der Waals surface area contributed by atoms with Gasteiger partial charge in [0.05, 0.1) is 11.2 Å². The van der Waals surface area contributed by atoms with Gasteiger partial charge in [-0.3, -0.25) is 0 Å². The lowest BCUT2D eigenvalue weighted by atomic mass is 9.85. The summed E-state index contributed by atoms with van der Waals surface area (Å²) in [4.78, 5) is 0. The van der Waals surface area contributed by atoms with Crippen molar-refractivity contribution in [1.29, 1.82) is 0 Å². The maximum Gasteiger partial charge on any atom is 0.101 e. The maximum atomic E-state index is 5.52. The second kappa shape index (κ2) is 12.7. The molecule has 0 bridgehead atoms. The third kappa shape index (κ3) is 5.07. The van der Waals surface area contributed by atoms with Gasteiger partial charge in [-0.05, 0) is 101 Å². The number of hydrogen-bond donors (Lipinski definition) is 0. The van der Waals surface area contributed by atoms with Gasteiger partial charge in [0.25, 0.3) is 0 Å². The summed E-state index contributed by atoms with van der Waals surface area (Å²) in [5.74, 6) is 0. The van der Waals surface area contributed by atoms with Crippen molar-refractivity contribution in [1.82, 2.24) is 9.78 Å². The molecule has 0 unspecified atom stereocenters. The third-order valence-electron chi connectivity index (χ3n) is 11.2. The minimum atomic E-state index is 0.965. The molecule has 0 aliphatic carbocycles. The molecule has 1 aromatic heterocycles. The summed E-state index contributed by atoms with van der Waals surface area (Å²) < 4.78 is 2.15. The van der Waals surface area contributed by atoms with Gasteiger partial charge in [-0.1, -0.05) is 176 Å². The molecular formula is C53H34N2. The topological polar surface area (TPSA) is 17.8 Å². The number of benzene rings is 10. The molecular weight excluding hydrogens is 665 g/mol. The molecule has 0 saturated carbocycles. The first-order valence-electron chi connectivity index (χ1n) is 18.9. The van der Waals surface area contributed by atoms with E-state index in [0.29, 0.717) is 0 Å². The first-order chi connectivity index (χ1) is 27.3. The Morgan fingerprint density at radius 2 is 0.836 bits per heavy atom. The Labute approximate surface area is 319 Å². The molecule has 0 spiro atoms. The van der Waals surface area contributed by atoms with Crippen molar-refractivity contribution < 1.29 is 0 Å². The number of para-hydroxylation sites is 1. The predicted molar refractivity (Wildman–Crippen MR) is 233 cm³/mol. The molecule has 0 saturated heterocycles. The number of aromatic nitrogens is 2. The second-order valence-electron chi connectivity index (χ2n) is 14.3. The highest BCUT2D eigenvalue weighted by molar-refractivity contribution is 6.22. The standard InChI is InChI=1S/C53H34N2/c1-3-17-36(18-4-1)48-34-38-20-9-10-25-43(38)53-51(48)52(54-55(53)42-23-5-2-6-24-42)41-22-15-21-39(33-41)49-44-26-11-13-28-46(44)50(47-29-14-12-27-45(47)49)40-31-30-35-16-7-8-19-37(35)32-40/h1-34H. The minimum absolute atomic E-state index is 0.965. The summed E-state index contributed by atoms with van der Waals surface area (Å²) in [5, 5.41) is 16.5. The summed E-state index contributed by atoms with van der Waals surface area (Å²) >= 11 is 0. The Bertz CT molecular complexity index is 3190. The van der Waals surface area contributed by atoms with Gasteiger partial charge in [-0.25, -0.2) is 4.68 Å². The van der Waals surface area contributed by atoms with Crippen molar-refractivity contribution in [3.63, 3.8) is 0 Å². The molecule has 0 amide bonds. The van der Waals surface area contributed by atoms with E-state index in [1.807, 2.05) is 0 Å². The summed E-state index contributed by atoms with van der Waals surface area (Å²) in [5.41, 5.74) is 11.4. The first-order valence-corrected chi connectivity index (χ1v) is 18.9. The average Bonchev–Trinajstić information content (AvgIpc) is 3.67. The van der Waals surface area contributed by atoms with Crippen LogP contribution in [-0.2, 0) is 0 Å². The van der Waals surface area contributed by atoms with E-state index in [4.69, 9.17) is 5.10 Å². The second-order valence-corrected chi connectivity index (χ2v) is 14.3. The molecule has 11 aromatic rings. The van der Waals surface area contributed by atoms with Crippen LogP contribution in [0, 0.1) is 0 Å². The van der Waals surface area contributed by atoms with Crippen molar-refractivity contribution in [2.24, 2.45) is 0 Å². The fourth-order valence-electron chi connectivity index (χ4n) is 8.71. The Hall–Kier alpha value is -7.29. The van der Waals surface area contributed by atoms with Gasteiger partial charge in [-0.15, -0.1) is 0 Å². The van der Waals surface area contributed by atoms with Gasteiger partial charge >= 0.3 is 0 Å². The van der Waals surface area contributed by atoms with E-state index in [1.54, 1.807) is 0 Å². The summed E-state index contributed by atoms with van der Waals surface area (Å²) in [6.07, 6.45) is 0. The molecule has 0 fully saturated rings. The van der Waals surface area contributed by atoms with Crippen LogP contribution in [0.25, 0.3) is 104 Å². The quantitative estimate of drug-likeness (QED) is 0.164. The van der Waals surface area contributed by atoms with E-state index < -0.39 is 0 Å². The van der Waals surface area contributed by atoms with Crippen LogP contribution in [0.4, 0.5) is 0 Å². The summed E-state index contributed by atoms with van der Waals surface area (Å²) in [6, 6.07) is 74.6. The van der Waals surface area contributed by atoms with E-state index in [2.05, 4.69) is 211 Å². The monoisotopic (exact) mass is 698 g/mol. The zero-order valence-corrected chi connectivity index (χ0v) is 30.0. The number of hydrogen-bond acceptors (Lipinski definition) is 1. The SMILES string of the molecule is c1ccc(-c2cc3ccccc3c3c2c(-c2cccc(-c4c5ccccc5c(-c5ccc6ccccc6c5)c5ccccc45)c2)nn3-c2ccccc2)cc1. The Kier molecular flexibility index (Phi) is 7.21. The van der Waals surface area contributed by atoms with E-state index in [1.165, 1.54) is 76.5 Å². The highest BCUT2D eigenvalue weighted by Crippen LogP contribution is 2.46. The summed E-state index contributed by atoms with van der Waals surface area (Å²) in [6.45, 7) is 0. The predicted octanol–water partition coefficient (Wildman–Crippen LogP) is 14.3. The smallest absolute Gasteiger partial charge is 0.101 e. The minimum Gasteiger partial charge on any atom is -0.232 e. The Morgan fingerprint density at radius 1 is 0.327 bits per heavy atom. The molecule has 0 aliphatic heterocycles. The van der Waals surface area contributed by atoms with Crippen molar-refractivity contribution in [3.05, 3.63) is 206 Å². The molecule has 2 heteroatoms. The molecule has 0 aliphatic rings. The highest BCUT2D eigenvalue weighted by Gasteiger charge is 2.22. The van der Waals surface area contributed by atoms with E-state index in [0.717, 1.165) is 27.8 Å². The van der Waals surface area contributed by atoms with Crippen LogP contribution in [0.3, 0.4) is 0 Å². The number of nitrogens with zero attached hydrogens (tertiary/aromatic N) is 2. The maximum absolute atomic E-state index is 5.52. The average molecular weight is 699 g/mol. The fraction of sp³-hybridized carbons (Fsp3) is 0. The van der Waals surface area contributed by atoms with Crippen molar-refractivity contribution >= 4 is 54.0 Å². The van der Waals surface area contributed by atoms with Gasteiger partial charge in [0.2, 0.25) is 0 Å². The normalized spacial score (nSPS) is 11.6. The van der Waals surface area contributed by atoms with E-state index in [-0.39, 0.29) is 0 Å². The number of rotatable bonds is 5. The molecule has 55 heavy (non-hydrogen) atoms. The third-order valence-corrected chi connectivity index (χ3v) is 11.2. The lowest BCUT2D eigenvalue weighted by molar-refractivity contribution is 0.918. The molecule has 10 aromatic carbocycles. The molecule has 0 radical (unpaired) electrons. The van der Waals surface area contributed by atoms with Gasteiger partial charge < -0.3 is 0 Å². The Balaban J connectivity index is 1.20. The number of fused-ring (bicyclic) bond motifs is 6. The summed E-state index contributed by atoms with van der Waals surface area (Å²) in [7, 11) is 0. The van der Waals surface area contributed by atoms with Crippen LogP contribution in [0.5, 0.6) is 0 Å². The van der Waals surface area contributed by atoms with Crippen LogP contribution in [-0.4, -0.2) is 9.78 Å². The van der Waals surface area contributed by atoms with Gasteiger partial charge in [0, 0.05) is 16.3 Å². The molecule has 1 heterocycles. The van der Waals surface area contributed by atoms with Crippen LogP contribution in [0.2, 0.25) is 0 Å². The molecule has 11 rings (SSSR count). The van der Waals surface area contributed by atoms with Crippen molar-refractivity contribution in [3.8, 4) is 50.3 Å².